The van der Waals surface area contributed by atoms with E-state index in [0.717, 1.165) is 25.7 Å². The molecule has 16 heavy (non-hydrogen) atoms. The van der Waals surface area contributed by atoms with Gasteiger partial charge in [-0.2, -0.15) is 0 Å². The van der Waals surface area contributed by atoms with Gasteiger partial charge in [-0.3, -0.25) is 0 Å². The molecule has 0 aromatic rings. The summed E-state index contributed by atoms with van der Waals surface area (Å²) in [4.78, 5) is 0. The van der Waals surface area contributed by atoms with Crippen molar-refractivity contribution in [2.75, 3.05) is 0 Å². The minimum absolute atomic E-state index is 0.128. The minimum Gasteiger partial charge on any atom is -0.461 e. The fraction of sp³-hybridized carbons (Fsp3) is 0.833. The fourth-order valence-corrected chi connectivity index (χ4v) is 5.18. The molecule has 1 aliphatic rings. The van der Waals surface area contributed by atoms with Crippen molar-refractivity contribution >= 4 is 18.1 Å². The molecule has 0 radical (unpaired) electrons. The van der Waals surface area contributed by atoms with Gasteiger partial charge in [-0.25, -0.2) is 0 Å². The van der Waals surface area contributed by atoms with Crippen LogP contribution in [0.1, 0.15) is 32.1 Å². The Balaban J connectivity index is 0.000000293. The highest BCUT2D eigenvalue weighted by Gasteiger charge is 2.25. The van der Waals surface area contributed by atoms with Gasteiger partial charge in [0.2, 0.25) is 0 Å². The first-order chi connectivity index (χ1) is 7.33. The first-order valence-corrected chi connectivity index (χ1v) is 11.6. The summed E-state index contributed by atoms with van der Waals surface area (Å²) in [5, 5.41) is 9.44. The summed E-state index contributed by atoms with van der Waals surface area (Å²) >= 11 is 0. The molecule has 0 bridgehead atoms. The van der Waals surface area contributed by atoms with E-state index in [4.69, 9.17) is 10.5 Å². The van der Waals surface area contributed by atoms with Crippen molar-refractivity contribution in [2.24, 2.45) is 0 Å². The molecule has 0 aromatic heterocycles. The van der Waals surface area contributed by atoms with Crippen LogP contribution in [0.15, 0.2) is 0 Å². The molecule has 1 aliphatic carbocycles. The van der Waals surface area contributed by atoms with Crippen molar-refractivity contribution in [3.05, 3.63) is 0 Å². The van der Waals surface area contributed by atoms with Crippen LogP contribution in [0.3, 0.4) is 0 Å². The van der Waals surface area contributed by atoms with Crippen LogP contribution in [-0.4, -0.2) is 28.8 Å². The zero-order valence-electron chi connectivity index (χ0n) is 11.2. The number of hydrogen-bond acceptors (Lipinski definition) is 2. The van der Waals surface area contributed by atoms with Crippen molar-refractivity contribution in [2.45, 2.75) is 63.9 Å². The Morgan fingerprint density at radius 2 is 1.75 bits per heavy atom. The maximum atomic E-state index is 9.44. The average Bonchev–Trinajstić information content (AvgIpc) is 2.18. The first kappa shape index (κ1) is 15.9. The van der Waals surface area contributed by atoms with Gasteiger partial charge in [0.25, 0.3) is 0 Å². The van der Waals surface area contributed by atoms with E-state index in [0.29, 0.717) is 0 Å². The minimum atomic E-state index is -1.10. The van der Waals surface area contributed by atoms with Crippen LogP contribution in [0.2, 0.25) is 26.2 Å². The first-order valence-electron chi connectivity index (χ1n) is 6.17. The number of terminal acetylenes is 1. The van der Waals surface area contributed by atoms with Crippen LogP contribution in [-0.2, 0) is 4.12 Å². The Morgan fingerprint density at radius 3 is 1.94 bits per heavy atom. The summed E-state index contributed by atoms with van der Waals surface area (Å²) in [5.74, 6) is 2.44. The lowest BCUT2D eigenvalue weighted by atomic mass is 9.86. The van der Waals surface area contributed by atoms with Crippen molar-refractivity contribution < 1.29 is 9.22 Å². The van der Waals surface area contributed by atoms with E-state index in [2.05, 4.69) is 32.1 Å². The van der Waals surface area contributed by atoms with Crippen molar-refractivity contribution in [3.8, 4) is 12.3 Å². The van der Waals surface area contributed by atoms with Gasteiger partial charge in [0.05, 0.1) is 0 Å². The van der Waals surface area contributed by atoms with Crippen molar-refractivity contribution in [1.29, 1.82) is 0 Å². The van der Waals surface area contributed by atoms with Crippen LogP contribution in [0.25, 0.3) is 0 Å². The Morgan fingerprint density at radius 1 is 1.25 bits per heavy atom. The topological polar surface area (TPSA) is 29.5 Å². The van der Waals surface area contributed by atoms with Gasteiger partial charge < -0.3 is 9.22 Å². The van der Waals surface area contributed by atoms with Crippen molar-refractivity contribution in [1.82, 2.24) is 0 Å². The number of hydrogen-bond donors (Lipinski definition) is 1. The van der Waals surface area contributed by atoms with E-state index < -0.39 is 13.9 Å². The zero-order valence-corrected chi connectivity index (χ0v) is 13.6. The molecule has 0 aliphatic heterocycles. The molecule has 0 spiro atoms. The van der Waals surface area contributed by atoms with Gasteiger partial charge >= 0.3 is 0 Å². The molecule has 0 heterocycles. The molecular weight excluding hydrogens is 232 g/mol. The van der Waals surface area contributed by atoms with Gasteiger partial charge in [-0.05, 0) is 45.3 Å². The molecule has 0 amide bonds. The second kappa shape index (κ2) is 7.28. The van der Waals surface area contributed by atoms with Gasteiger partial charge in [0, 0.05) is 0 Å². The van der Waals surface area contributed by atoms with Gasteiger partial charge in [-0.15, -0.1) is 6.42 Å². The van der Waals surface area contributed by atoms with Crippen LogP contribution in [0.4, 0.5) is 0 Å². The quantitative estimate of drug-likeness (QED) is 0.608. The summed E-state index contributed by atoms with van der Waals surface area (Å²) in [6.07, 6.45) is 10.1. The van der Waals surface area contributed by atoms with E-state index >= 15 is 0 Å². The second-order valence-corrected chi connectivity index (χ2v) is 11.2. The standard InChI is InChI=1S/C8H12O.C4H14OSi2/c1-2-8(9)6-4-3-5-7-8;1-6-5-7(2,3)4/h1,9H,3-7H2;6H2,1-4H3. The lowest BCUT2D eigenvalue weighted by Crippen LogP contribution is -2.28. The molecule has 4 heteroatoms. The van der Waals surface area contributed by atoms with Gasteiger partial charge in [0.15, 0.2) is 8.32 Å². The molecule has 0 unspecified atom stereocenters. The maximum Gasteiger partial charge on any atom is 0.169 e. The lowest BCUT2D eigenvalue weighted by molar-refractivity contribution is 0.0612. The van der Waals surface area contributed by atoms with Gasteiger partial charge in [0.1, 0.15) is 15.4 Å². The van der Waals surface area contributed by atoms with Crippen LogP contribution >= 0.6 is 0 Å². The van der Waals surface area contributed by atoms with Crippen LogP contribution < -0.4 is 0 Å². The number of aliphatic hydroxyl groups is 1. The molecule has 1 N–H and O–H groups in total. The van der Waals surface area contributed by atoms with Crippen molar-refractivity contribution in [3.63, 3.8) is 0 Å². The molecule has 2 nitrogen and oxygen atoms in total. The predicted octanol–water partition coefficient (Wildman–Crippen LogP) is 2.28. The molecule has 0 saturated heterocycles. The normalized spacial score (nSPS) is 20.0. The molecule has 94 valence electrons. The highest BCUT2D eigenvalue weighted by Crippen LogP contribution is 2.26. The molecule has 0 aromatic carbocycles. The number of rotatable bonds is 2. The smallest absolute Gasteiger partial charge is 0.169 e. The van der Waals surface area contributed by atoms with E-state index in [1.54, 1.807) is 0 Å². The third kappa shape index (κ3) is 8.11. The highest BCUT2D eigenvalue weighted by molar-refractivity contribution is 6.73. The van der Waals surface area contributed by atoms with E-state index in [-0.39, 0.29) is 9.76 Å². The monoisotopic (exact) mass is 258 g/mol. The maximum absolute atomic E-state index is 9.44. The van der Waals surface area contributed by atoms with E-state index in [1.807, 2.05) is 0 Å². The summed E-state index contributed by atoms with van der Waals surface area (Å²) in [7, 11) is -1.22. The Labute approximate surface area is 104 Å². The fourth-order valence-electron chi connectivity index (χ4n) is 1.71. The van der Waals surface area contributed by atoms with Crippen LogP contribution in [0, 0.1) is 12.3 Å². The summed E-state index contributed by atoms with van der Waals surface area (Å²) < 4.78 is 5.51. The molecule has 0 atom stereocenters. The summed E-state index contributed by atoms with van der Waals surface area (Å²) in [6, 6.07) is 0. The third-order valence-electron chi connectivity index (χ3n) is 2.53. The predicted molar refractivity (Wildman–Crippen MR) is 75.7 cm³/mol. The molecular formula is C12H26O2Si2. The average molecular weight is 259 g/mol. The zero-order chi connectivity index (χ0) is 12.7. The Bertz CT molecular complexity index is 222. The van der Waals surface area contributed by atoms with E-state index in [1.165, 1.54) is 6.42 Å². The van der Waals surface area contributed by atoms with Gasteiger partial charge in [-0.1, -0.05) is 18.9 Å². The molecule has 1 fully saturated rings. The van der Waals surface area contributed by atoms with E-state index in [9.17, 15) is 5.11 Å². The Hall–Kier alpha value is -0.0862. The third-order valence-corrected chi connectivity index (χ3v) is 7.15. The largest absolute Gasteiger partial charge is 0.461 e. The summed E-state index contributed by atoms with van der Waals surface area (Å²) in [5.41, 5.74) is -0.752. The SMILES string of the molecule is C#CC1(O)CCCCC1.C[SiH2]O[Si](C)(C)C. The highest BCUT2D eigenvalue weighted by atomic mass is 28.4. The Kier molecular flexibility index (Phi) is 7.24. The second-order valence-electron chi connectivity index (χ2n) is 5.28. The lowest BCUT2D eigenvalue weighted by Gasteiger charge is -2.26. The molecule has 1 saturated carbocycles. The molecule has 1 rings (SSSR count). The van der Waals surface area contributed by atoms with Crippen LogP contribution in [0.5, 0.6) is 0 Å². The summed E-state index contributed by atoms with van der Waals surface area (Å²) in [6.45, 7) is 8.86.